The summed E-state index contributed by atoms with van der Waals surface area (Å²) in [5.74, 6) is 2.53. The van der Waals surface area contributed by atoms with E-state index in [1.54, 1.807) is 14.2 Å². The molecule has 7 nitrogen and oxygen atoms in total. The highest BCUT2D eigenvalue weighted by Gasteiger charge is 2.31. The third-order valence-corrected chi connectivity index (χ3v) is 4.95. The standard InChI is InChI=1S/C17H23N5O2/c1-23-15-8-5-12(10-16(15)24-2)14-4-3-9-21(14)11-17-18-19-20-22(17)13-6-7-13/h5,8,10,13-14H,3-4,6-7,9,11H2,1-2H3/t14-/m0/s1. The van der Waals surface area contributed by atoms with Crippen LogP contribution >= 0.6 is 0 Å². The molecule has 128 valence electrons. The molecule has 4 rings (SSSR count). The summed E-state index contributed by atoms with van der Waals surface area (Å²) >= 11 is 0. The maximum absolute atomic E-state index is 5.46. The molecule has 0 radical (unpaired) electrons. The number of hydrogen-bond donors (Lipinski definition) is 0. The van der Waals surface area contributed by atoms with E-state index in [1.807, 2.05) is 10.7 Å². The van der Waals surface area contributed by atoms with Crippen LogP contribution in [0.25, 0.3) is 0 Å². The zero-order chi connectivity index (χ0) is 16.5. The number of ether oxygens (including phenoxy) is 2. The van der Waals surface area contributed by atoms with Crippen molar-refractivity contribution < 1.29 is 9.47 Å². The van der Waals surface area contributed by atoms with Gasteiger partial charge >= 0.3 is 0 Å². The molecular formula is C17H23N5O2. The van der Waals surface area contributed by atoms with Gasteiger partial charge in [-0.05, 0) is 60.4 Å². The van der Waals surface area contributed by atoms with E-state index < -0.39 is 0 Å². The molecule has 2 heterocycles. The highest BCUT2D eigenvalue weighted by atomic mass is 16.5. The number of hydrogen-bond acceptors (Lipinski definition) is 6. The molecule has 1 saturated carbocycles. The third kappa shape index (κ3) is 2.84. The minimum Gasteiger partial charge on any atom is -0.493 e. The monoisotopic (exact) mass is 329 g/mol. The molecule has 1 aromatic carbocycles. The van der Waals surface area contributed by atoms with Crippen LogP contribution in [0.5, 0.6) is 11.5 Å². The topological polar surface area (TPSA) is 65.3 Å². The largest absolute Gasteiger partial charge is 0.493 e. The highest BCUT2D eigenvalue weighted by Crippen LogP contribution is 2.38. The Morgan fingerprint density at radius 3 is 2.71 bits per heavy atom. The Balaban J connectivity index is 1.55. The fourth-order valence-electron chi connectivity index (χ4n) is 3.55. The first-order valence-corrected chi connectivity index (χ1v) is 8.53. The van der Waals surface area contributed by atoms with E-state index in [4.69, 9.17) is 9.47 Å². The van der Waals surface area contributed by atoms with Gasteiger partial charge in [0.1, 0.15) is 0 Å². The van der Waals surface area contributed by atoms with E-state index in [0.29, 0.717) is 12.1 Å². The number of tetrazole rings is 1. The number of nitrogens with zero attached hydrogens (tertiary/aromatic N) is 5. The third-order valence-electron chi connectivity index (χ3n) is 4.95. The van der Waals surface area contributed by atoms with Gasteiger partial charge in [0.2, 0.25) is 0 Å². The Labute approximate surface area is 141 Å². The minimum absolute atomic E-state index is 0.370. The van der Waals surface area contributed by atoms with Crippen molar-refractivity contribution in [2.45, 2.75) is 44.3 Å². The van der Waals surface area contributed by atoms with Gasteiger partial charge in [0.25, 0.3) is 0 Å². The Kier molecular flexibility index (Phi) is 4.10. The van der Waals surface area contributed by atoms with E-state index in [-0.39, 0.29) is 0 Å². The van der Waals surface area contributed by atoms with E-state index in [0.717, 1.165) is 36.8 Å². The van der Waals surface area contributed by atoms with Crippen LogP contribution in [0.3, 0.4) is 0 Å². The Morgan fingerprint density at radius 2 is 1.96 bits per heavy atom. The van der Waals surface area contributed by atoms with E-state index >= 15 is 0 Å². The minimum atomic E-state index is 0.370. The van der Waals surface area contributed by atoms with Gasteiger partial charge < -0.3 is 9.47 Å². The summed E-state index contributed by atoms with van der Waals surface area (Å²) in [6.45, 7) is 1.86. The van der Waals surface area contributed by atoms with E-state index in [9.17, 15) is 0 Å². The van der Waals surface area contributed by atoms with Crippen LogP contribution in [0, 0.1) is 0 Å². The molecule has 1 aliphatic heterocycles. The summed E-state index contributed by atoms with van der Waals surface area (Å²) in [5.41, 5.74) is 1.26. The summed E-state index contributed by atoms with van der Waals surface area (Å²) < 4.78 is 12.8. The van der Waals surface area contributed by atoms with Crippen LogP contribution in [-0.2, 0) is 6.54 Å². The molecule has 1 atom stereocenters. The zero-order valence-corrected chi connectivity index (χ0v) is 14.2. The SMILES string of the molecule is COc1ccc([C@@H]2CCCN2Cc2nnnn2C2CC2)cc1OC. The summed E-state index contributed by atoms with van der Waals surface area (Å²) in [6, 6.07) is 7.09. The van der Waals surface area contributed by atoms with Crippen LogP contribution in [-0.4, -0.2) is 45.9 Å². The second kappa shape index (κ2) is 6.39. The summed E-state index contributed by atoms with van der Waals surface area (Å²) in [6.07, 6.45) is 4.71. The molecule has 1 aromatic heterocycles. The molecule has 0 unspecified atom stereocenters. The van der Waals surface area contributed by atoms with Crippen molar-refractivity contribution in [3.05, 3.63) is 29.6 Å². The van der Waals surface area contributed by atoms with Crippen LogP contribution in [0.15, 0.2) is 18.2 Å². The van der Waals surface area contributed by atoms with Crippen LogP contribution in [0.1, 0.15) is 49.2 Å². The van der Waals surface area contributed by atoms with Crippen molar-refractivity contribution in [2.24, 2.45) is 0 Å². The lowest BCUT2D eigenvalue weighted by Crippen LogP contribution is -2.25. The van der Waals surface area contributed by atoms with Gasteiger partial charge in [-0.25, -0.2) is 4.68 Å². The lowest BCUT2D eigenvalue weighted by Gasteiger charge is -2.25. The molecule has 24 heavy (non-hydrogen) atoms. The fourth-order valence-corrected chi connectivity index (χ4v) is 3.55. The maximum Gasteiger partial charge on any atom is 0.165 e. The molecule has 0 amide bonds. The number of benzene rings is 1. The van der Waals surface area contributed by atoms with Gasteiger partial charge in [-0.15, -0.1) is 5.10 Å². The molecule has 1 aliphatic carbocycles. The quantitative estimate of drug-likeness (QED) is 0.810. The normalized spacial score (nSPS) is 21.2. The van der Waals surface area contributed by atoms with Crippen molar-refractivity contribution in [1.82, 2.24) is 25.1 Å². The highest BCUT2D eigenvalue weighted by molar-refractivity contribution is 5.44. The molecule has 7 heteroatoms. The Bertz CT molecular complexity index is 713. The number of aromatic nitrogens is 4. The van der Waals surface area contributed by atoms with Crippen LogP contribution < -0.4 is 9.47 Å². The van der Waals surface area contributed by atoms with Crippen molar-refractivity contribution in [1.29, 1.82) is 0 Å². The molecule has 2 aliphatic rings. The van der Waals surface area contributed by atoms with Gasteiger partial charge in [-0.2, -0.15) is 0 Å². The van der Waals surface area contributed by atoms with E-state index in [2.05, 4.69) is 32.6 Å². The second-order valence-electron chi connectivity index (χ2n) is 6.51. The first kappa shape index (κ1) is 15.4. The first-order chi connectivity index (χ1) is 11.8. The second-order valence-corrected chi connectivity index (χ2v) is 6.51. The fraction of sp³-hybridized carbons (Fsp3) is 0.588. The lowest BCUT2D eigenvalue weighted by atomic mass is 10.0. The van der Waals surface area contributed by atoms with Crippen molar-refractivity contribution in [2.75, 3.05) is 20.8 Å². The molecular weight excluding hydrogens is 306 g/mol. The molecule has 0 bridgehead atoms. The molecule has 0 spiro atoms. The predicted molar refractivity (Wildman–Crippen MR) is 88.0 cm³/mol. The lowest BCUT2D eigenvalue weighted by molar-refractivity contribution is 0.236. The molecule has 2 fully saturated rings. The molecule has 2 aromatic rings. The summed E-state index contributed by atoms with van der Waals surface area (Å²) in [5, 5.41) is 12.3. The average Bonchev–Trinajstić information content (AvgIpc) is 3.18. The van der Waals surface area contributed by atoms with Gasteiger partial charge in [0.15, 0.2) is 17.3 Å². The number of methoxy groups -OCH3 is 2. The Hall–Kier alpha value is -2.15. The number of rotatable bonds is 6. The van der Waals surface area contributed by atoms with Gasteiger partial charge in [0.05, 0.1) is 26.8 Å². The van der Waals surface area contributed by atoms with Crippen molar-refractivity contribution in [3.63, 3.8) is 0 Å². The first-order valence-electron chi connectivity index (χ1n) is 8.53. The van der Waals surface area contributed by atoms with Gasteiger partial charge in [-0.3, -0.25) is 4.90 Å². The predicted octanol–water partition coefficient (Wildman–Crippen LogP) is 2.36. The van der Waals surface area contributed by atoms with Crippen molar-refractivity contribution >= 4 is 0 Å². The molecule has 1 saturated heterocycles. The van der Waals surface area contributed by atoms with Crippen LogP contribution in [0.4, 0.5) is 0 Å². The average molecular weight is 329 g/mol. The smallest absolute Gasteiger partial charge is 0.165 e. The Morgan fingerprint density at radius 1 is 1.12 bits per heavy atom. The van der Waals surface area contributed by atoms with Crippen LogP contribution in [0.2, 0.25) is 0 Å². The van der Waals surface area contributed by atoms with Crippen molar-refractivity contribution in [3.8, 4) is 11.5 Å². The van der Waals surface area contributed by atoms with Gasteiger partial charge in [-0.1, -0.05) is 6.07 Å². The zero-order valence-electron chi connectivity index (χ0n) is 14.2. The number of likely N-dealkylation sites (tertiary alicyclic amines) is 1. The maximum atomic E-state index is 5.46. The summed E-state index contributed by atoms with van der Waals surface area (Å²) in [4.78, 5) is 2.46. The molecule has 0 N–H and O–H groups in total. The van der Waals surface area contributed by atoms with E-state index in [1.165, 1.54) is 24.8 Å². The summed E-state index contributed by atoms with van der Waals surface area (Å²) in [7, 11) is 3.34. The van der Waals surface area contributed by atoms with Gasteiger partial charge in [0, 0.05) is 6.04 Å².